The van der Waals surface area contributed by atoms with Gasteiger partial charge in [-0.3, -0.25) is 4.98 Å². The Hall–Kier alpha value is -1.32. The molecule has 0 aliphatic rings. The van der Waals surface area contributed by atoms with Gasteiger partial charge in [-0.1, -0.05) is 19.8 Å². The Labute approximate surface area is 98.1 Å². The molecule has 0 amide bonds. The topological polar surface area (TPSA) is 41.1 Å². The van der Waals surface area contributed by atoms with Gasteiger partial charge in [0.1, 0.15) is 11.6 Å². The summed E-state index contributed by atoms with van der Waals surface area (Å²) in [4.78, 5) is 10.8. The van der Waals surface area contributed by atoms with E-state index in [4.69, 9.17) is 0 Å². The highest BCUT2D eigenvalue weighted by molar-refractivity contribution is 5.42. The van der Waals surface area contributed by atoms with Gasteiger partial charge in [-0.2, -0.15) is 0 Å². The van der Waals surface area contributed by atoms with Crippen LogP contribution in [-0.4, -0.2) is 30.1 Å². The van der Waals surface area contributed by atoms with Crippen LogP contribution in [0, 0.1) is 0 Å². The zero-order chi connectivity index (χ0) is 11.8. The average molecular weight is 222 g/mol. The van der Waals surface area contributed by atoms with E-state index >= 15 is 0 Å². The standard InChI is InChI=1S/C12H22N4/c1-4-6-7-8-16(3)12-10-13-9-11(15-12)14-5-2/h9-10H,4-8H2,1-3H3,(H,14,15). The summed E-state index contributed by atoms with van der Waals surface area (Å²) in [7, 11) is 2.06. The van der Waals surface area contributed by atoms with Gasteiger partial charge in [-0.15, -0.1) is 0 Å². The first-order chi connectivity index (χ1) is 7.77. The molecule has 1 rings (SSSR count). The Kier molecular flexibility index (Phi) is 5.61. The zero-order valence-corrected chi connectivity index (χ0v) is 10.5. The molecule has 0 bridgehead atoms. The number of aromatic nitrogens is 2. The van der Waals surface area contributed by atoms with Gasteiger partial charge in [0, 0.05) is 20.1 Å². The molecule has 0 radical (unpaired) electrons. The molecule has 4 heteroatoms. The van der Waals surface area contributed by atoms with Crippen molar-refractivity contribution < 1.29 is 0 Å². The number of rotatable bonds is 7. The lowest BCUT2D eigenvalue weighted by atomic mass is 10.2. The van der Waals surface area contributed by atoms with Crippen molar-refractivity contribution in [2.75, 3.05) is 30.4 Å². The number of unbranched alkanes of at least 4 members (excludes halogenated alkanes) is 2. The second-order valence-corrected chi connectivity index (χ2v) is 3.92. The van der Waals surface area contributed by atoms with E-state index < -0.39 is 0 Å². The van der Waals surface area contributed by atoms with Crippen molar-refractivity contribution in [2.24, 2.45) is 0 Å². The number of hydrogen-bond acceptors (Lipinski definition) is 4. The Morgan fingerprint density at radius 3 is 2.75 bits per heavy atom. The van der Waals surface area contributed by atoms with Gasteiger partial charge >= 0.3 is 0 Å². The lowest BCUT2D eigenvalue weighted by Gasteiger charge is -2.18. The molecule has 0 spiro atoms. The molecule has 0 aliphatic heterocycles. The number of nitrogens with one attached hydrogen (secondary N) is 1. The molecule has 0 unspecified atom stereocenters. The van der Waals surface area contributed by atoms with Crippen molar-refractivity contribution in [1.29, 1.82) is 0 Å². The van der Waals surface area contributed by atoms with Crippen LogP contribution in [0.1, 0.15) is 33.1 Å². The Morgan fingerprint density at radius 1 is 1.25 bits per heavy atom. The van der Waals surface area contributed by atoms with Crippen molar-refractivity contribution in [2.45, 2.75) is 33.1 Å². The van der Waals surface area contributed by atoms with Crippen LogP contribution in [0.5, 0.6) is 0 Å². The van der Waals surface area contributed by atoms with Gasteiger partial charge < -0.3 is 10.2 Å². The maximum atomic E-state index is 4.49. The molecule has 4 nitrogen and oxygen atoms in total. The molecule has 0 atom stereocenters. The van der Waals surface area contributed by atoms with Crippen LogP contribution in [0.3, 0.4) is 0 Å². The summed E-state index contributed by atoms with van der Waals surface area (Å²) in [5, 5.41) is 3.17. The minimum atomic E-state index is 0.849. The van der Waals surface area contributed by atoms with Gasteiger partial charge in [0.15, 0.2) is 0 Å². The van der Waals surface area contributed by atoms with Gasteiger partial charge in [0.05, 0.1) is 12.4 Å². The summed E-state index contributed by atoms with van der Waals surface area (Å²) >= 11 is 0. The molecule has 1 N–H and O–H groups in total. The summed E-state index contributed by atoms with van der Waals surface area (Å²) in [6.45, 7) is 6.18. The third-order valence-corrected chi connectivity index (χ3v) is 2.47. The lowest BCUT2D eigenvalue weighted by Crippen LogP contribution is -2.20. The van der Waals surface area contributed by atoms with E-state index in [0.29, 0.717) is 0 Å². The first kappa shape index (κ1) is 12.7. The Balaban J connectivity index is 2.53. The van der Waals surface area contributed by atoms with Crippen LogP contribution in [0.25, 0.3) is 0 Å². The molecule has 16 heavy (non-hydrogen) atoms. The molecule has 1 aromatic heterocycles. The Morgan fingerprint density at radius 2 is 2.06 bits per heavy atom. The number of hydrogen-bond donors (Lipinski definition) is 1. The van der Waals surface area contributed by atoms with Crippen molar-refractivity contribution in [1.82, 2.24) is 9.97 Å². The SMILES string of the molecule is CCCCCN(C)c1cncc(NCC)n1. The largest absolute Gasteiger partial charge is 0.369 e. The molecule has 1 aromatic rings. The minimum Gasteiger partial charge on any atom is -0.369 e. The first-order valence-corrected chi connectivity index (χ1v) is 6.05. The summed E-state index contributed by atoms with van der Waals surface area (Å²) in [5.74, 6) is 1.79. The lowest BCUT2D eigenvalue weighted by molar-refractivity contribution is 0.700. The number of nitrogens with zero attached hydrogens (tertiary/aromatic N) is 3. The molecule has 0 aliphatic carbocycles. The molecule has 90 valence electrons. The van der Waals surface area contributed by atoms with Crippen molar-refractivity contribution in [3.8, 4) is 0 Å². The molecule has 1 heterocycles. The van der Waals surface area contributed by atoms with Gasteiger partial charge in [0.25, 0.3) is 0 Å². The van der Waals surface area contributed by atoms with E-state index in [9.17, 15) is 0 Å². The second kappa shape index (κ2) is 7.04. The summed E-state index contributed by atoms with van der Waals surface area (Å²) < 4.78 is 0. The maximum absolute atomic E-state index is 4.49. The molecular weight excluding hydrogens is 200 g/mol. The van der Waals surface area contributed by atoms with Gasteiger partial charge in [0.2, 0.25) is 0 Å². The maximum Gasteiger partial charge on any atom is 0.149 e. The van der Waals surface area contributed by atoms with Crippen molar-refractivity contribution >= 4 is 11.6 Å². The number of anilines is 2. The molecular formula is C12H22N4. The fraction of sp³-hybridized carbons (Fsp3) is 0.667. The van der Waals surface area contributed by atoms with Crippen LogP contribution in [0.15, 0.2) is 12.4 Å². The van der Waals surface area contributed by atoms with E-state index in [1.165, 1.54) is 19.3 Å². The summed E-state index contributed by atoms with van der Waals surface area (Å²) in [6.07, 6.45) is 7.29. The predicted molar refractivity (Wildman–Crippen MR) is 69.0 cm³/mol. The third-order valence-electron chi connectivity index (χ3n) is 2.47. The van der Waals surface area contributed by atoms with Crippen LogP contribution < -0.4 is 10.2 Å². The molecule has 0 fully saturated rings. The van der Waals surface area contributed by atoms with Gasteiger partial charge in [-0.05, 0) is 13.3 Å². The highest BCUT2D eigenvalue weighted by Gasteiger charge is 2.03. The minimum absolute atomic E-state index is 0.849. The normalized spacial score (nSPS) is 10.2. The fourth-order valence-electron chi connectivity index (χ4n) is 1.52. The third kappa shape index (κ3) is 4.04. The highest BCUT2D eigenvalue weighted by atomic mass is 15.2. The van der Waals surface area contributed by atoms with E-state index in [2.05, 4.69) is 41.1 Å². The van der Waals surface area contributed by atoms with Crippen LogP contribution >= 0.6 is 0 Å². The first-order valence-electron chi connectivity index (χ1n) is 6.05. The second-order valence-electron chi connectivity index (χ2n) is 3.92. The molecule has 0 aromatic carbocycles. The summed E-state index contributed by atoms with van der Waals surface area (Å²) in [6, 6.07) is 0. The quantitative estimate of drug-likeness (QED) is 0.720. The molecule has 0 saturated carbocycles. The summed E-state index contributed by atoms with van der Waals surface area (Å²) in [5.41, 5.74) is 0. The van der Waals surface area contributed by atoms with Crippen LogP contribution in [0.4, 0.5) is 11.6 Å². The van der Waals surface area contributed by atoms with E-state index in [1.807, 2.05) is 6.20 Å². The van der Waals surface area contributed by atoms with Crippen LogP contribution in [-0.2, 0) is 0 Å². The Bertz CT molecular complexity index is 301. The molecule has 0 saturated heterocycles. The zero-order valence-electron chi connectivity index (χ0n) is 10.5. The predicted octanol–water partition coefficient (Wildman–Crippen LogP) is 2.53. The highest BCUT2D eigenvalue weighted by Crippen LogP contribution is 2.11. The van der Waals surface area contributed by atoms with Crippen molar-refractivity contribution in [3.05, 3.63) is 12.4 Å². The van der Waals surface area contributed by atoms with E-state index in [0.717, 1.165) is 24.7 Å². The van der Waals surface area contributed by atoms with E-state index in [1.54, 1.807) is 6.20 Å². The smallest absolute Gasteiger partial charge is 0.149 e. The van der Waals surface area contributed by atoms with Crippen LogP contribution in [0.2, 0.25) is 0 Å². The van der Waals surface area contributed by atoms with Crippen molar-refractivity contribution in [3.63, 3.8) is 0 Å². The van der Waals surface area contributed by atoms with Gasteiger partial charge in [-0.25, -0.2) is 4.98 Å². The fourth-order valence-corrected chi connectivity index (χ4v) is 1.52. The monoisotopic (exact) mass is 222 g/mol. The van der Waals surface area contributed by atoms with E-state index in [-0.39, 0.29) is 0 Å². The average Bonchev–Trinajstić information content (AvgIpc) is 2.30.